The van der Waals surface area contributed by atoms with Gasteiger partial charge in [-0.3, -0.25) is 4.79 Å². The average molecular weight is 440 g/mol. The van der Waals surface area contributed by atoms with Crippen molar-refractivity contribution in [2.45, 2.75) is 6.42 Å². The van der Waals surface area contributed by atoms with Crippen LogP contribution in [0.2, 0.25) is 5.02 Å². The maximum absolute atomic E-state index is 13.7. The number of hydrogen-bond donors (Lipinski definition) is 1. The van der Waals surface area contributed by atoms with Gasteiger partial charge in [-0.25, -0.2) is 12.8 Å². The van der Waals surface area contributed by atoms with Crippen LogP contribution in [0, 0.1) is 5.82 Å². The highest BCUT2D eigenvalue weighted by Gasteiger charge is 2.26. The number of hydrogen-bond acceptors (Lipinski definition) is 4. The molecule has 6 nitrogen and oxygen atoms in total. The minimum absolute atomic E-state index is 0.0198. The lowest BCUT2D eigenvalue weighted by molar-refractivity contribution is 0.0949. The Hall–Kier alpha value is -2.16. The van der Waals surface area contributed by atoms with E-state index in [1.54, 1.807) is 0 Å². The highest BCUT2D eigenvalue weighted by molar-refractivity contribution is 7.89. The first kappa shape index (κ1) is 21.5. The first-order valence-corrected chi connectivity index (χ1v) is 11.4. The van der Waals surface area contributed by atoms with Crippen LogP contribution in [0.5, 0.6) is 0 Å². The highest BCUT2D eigenvalue weighted by Crippen LogP contribution is 2.19. The largest absolute Gasteiger partial charge is 0.369 e. The van der Waals surface area contributed by atoms with Gasteiger partial charge in [0.05, 0.1) is 16.3 Å². The van der Waals surface area contributed by atoms with Crippen LogP contribution in [0.25, 0.3) is 0 Å². The summed E-state index contributed by atoms with van der Waals surface area (Å²) < 4.78 is 40.4. The van der Waals surface area contributed by atoms with E-state index in [1.807, 2.05) is 30.3 Å². The molecule has 0 unspecified atom stereocenters. The number of benzene rings is 2. The van der Waals surface area contributed by atoms with Gasteiger partial charge in [-0.05, 0) is 30.7 Å². The molecular weight excluding hydrogens is 417 g/mol. The van der Waals surface area contributed by atoms with Crippen molar-refractivity contribution in [3.63, 3.8) is 0 Å². The summed E-state index contributed by atoms with van der Waals surface area (Å²) in [6.45, 7) is 2.23. The molecule has 0 atom stereocenters. The van der Waals surface area contributed by atoms with Crippen LogP contribution >= 0.6 is 11.6 Å². The Bertz CT molecular complexity index is 928. The monoisotopic (exact) mass is 439 g/mol. The maximum Gasteiger partial charge on any atom is 0.255 e. The molecule has 1 aliphatic heterocycles. The number of nitrogens with zero attached hydrogens (tertiary/aromatic N) is 2. The quantitative estimate of drug-likeness (QED) is 0.673. The van der Waals surface area contributed by atoms with Crippen LogP contribution in [-0.4, -0.2) is 57.1 Å². The fourth-order valence-corrected chi connectivity index (χ4v) is 4.99. The van der Waals surface area contributed by atoms with Gasteiger partial charge in [-0.15, -0.1) is 0 Å². The van der Waals surface area contributed by atoms with Gasteiger partial charge >= 0.3 is 0 Å². The number of para-hydroxylation sites is 1. The van der Waals surface area contributed by atoms with Crippen LogP contribution in [0.4, 0.5) is 10.1 Å². The predicted octanol–water partition coefficient (Wildman–Crippen LogP) is 2.75. The Morgan fingerprint density at radius 2 is 1.72 bits per heavy atom. The molecule has 1 heterocycles. The molecule has 0 aliphatic carbocycles. The van der Waals surface area contributed by atoms with Crippen molar-refractivity contribution >= 4 is 33.2 Å². The fraction of sp³-hybridized carbons (Fsp3) is 0.350. The molecule has 1 amide bonds. The standard InChI is InChI=1S/C20H23ClFN3O3S/c21-17-8-4-9-18(22)19(17)20(26)23-10-5-15-29(27,28)25-13-11-24(12-14-25)16-6-2-1-3-7-16/h1-4,6-9H,5,10-15H2,(H,23,26). The van der Waals surface area contributed by atoms with E-state index in [0.29, 0.717) is 26.2 Å². The molecule has 1 aliphatic rings. The number of nitrogens with one attached hydrogen (secondary N) is 1. The zero-order valence-electron chi connectivity index (χ0n) is 15.9. The van der Waals surface area contributed by atoms with Crippen LogP contribution < -0.4 is 10.2 Å². The molecule has 2 aromatic carbocycles. The summed E-state index contributed by atoms with van der Waals surface area (Å²) in [5.74, 6) is -1.44. The molecule has 0 radical (unpaired) electrons. The molecule has 2 aromatic rings. The van der Waals surface area contributed by atoms with Crippen LogP contribution in [-0.2, 0) is 10.0 Å². The smallest absolute Gasteiger partial charge is 0.255 e. The first-order chi connectivity index (χ1) is 13.9. The summed E-state index contributed by atoms with van der Waals surface area (Å²) in [6.07, 6.45) is 0.235. The predicted molar refractivity (Wildman–Crippen MR) is 112 cm³/mol. The van der Waals surface area contributed by atoms with Gasteiger partial charge in [0.2, 0.25) is 10.0 Å². The van der Waals surface area contributed by atoms with Gasteiger partial charge < -0.3 is 10.2 Å². The first-order valence-electron chi connectivity index (χ1n) is 9.38. The number of amides is 1. The van der Waals surface area contributed by atoms with Gasteiger partial charge in [-0.1, -0.05) is 35.9 Å². The third-order valence-electron chi connectivity index (χ3n) is 4.81. The lowest BCUT2D eigenvalue weighted by Gasteiger charge is -2.35. The van der Waals surface area contributed by atoms with Crippen LogP contribution in [0.15, 0.2) is 48.5 Å². The van der Waals surface area contributed by atoms with Crippen molar-refractivity contribution in [3.8, 4) is 0 Å². The number of carbonyl (C=O) groups excluding carboxylic acids is 1. The van der Waals surface area contributed by atoms with Crippen LogP contribution in [0.3, 0.4) is 0 Å². The fourth-order valence-electron chi connectivity index (χ4n) is 3.25. The summed E-state index contributed by atoms with van der Waals surface area (Å²) in [4.78, 5) is 14.2. The van der Waals surface area contributed by atoms with Gasteiger partial charge in [-0.2, -0.15) is 4.31 Å². The highest BCUT2D eigenvalue weighted by atomic mass is 35.5. The number of anilines is 1. The van der Waals surface area contributed by atoms with E-state index in [9.17, 15) is 17.6 Å². The van der Waals surface area contributed by atoms with Crippen molar-refractivity contribution in [1.82, 2.24) is 9.62 Å². The average Bonchev–Trinajstić information content (AvgIpc) is 2.72. The Labute approximate surface area is 175 Å². The summed E-state index contributed by atoms with van der Waals surface area (Å²) in [7, 11) is -3.41. The molecule has 0 bridgehead atoms. The van der Waals surface area contributed by atoms with Crippen molar-refractivity contribution in [2.75, 3.05) is 43.4 Å². The SMILES string of the molecule is O=C(NCCCS(=O)(=O)N1CCN(c2ccccc2)CC1)c1c(F)cccc1Cl. The van der Waals surface area contributed by atoms with Crippen molar-refractivity contribution in [2.24, 2.45) is 0 Å². The second kappa shape index (κ2) is 9.56. The molecule has 0 saturated carbocycles. The Kier molecular flexibility index (Phi) is 7.10. The summed E-state index contributed by atoms with van der Waals surface area (Å²) in [5.41, 5.74) is 0.855. The lowest BCUT2D eigenvalue weighted by Crippen LogP contribution is -2.49. The molecule has 0 aromatic heterocycles. The Balaban J connectivity index is 1.45. The topological polar surface area (TPSA) is 69.7 Å². The number of sulfonamides is 1. The van der Waals surface area contributed by atoms with E-state index in [0.717, 1.165) is 11.8 Å². The van der Waals surface area contributed by atoms with E-state index >= 15 is 0 Å². The number of rotatable bonds is 7. The molecule has 29 heavy (non-hydrogen) atoms. The third kappa shape index (κ3) is 5.46. The van der Waals surface area contributed by atoms with E-state index in [4.69, 9.17) is 11.6 Å². The van der Waals surface area contributed by atoms with Crippen LogP contribution in [0.1, 0.15) is 16.8 Å². The lowest BCUT2D eigenvalue weighted by atomic mass is 10.2. The second-order valence-corrected chi connectivity index (χ2v) is 9.24. The van der Waals surface area contributed by atoms with E-state index in [1.165, 1.54) is 16.4 Å². The van der Waals surface area contributed by atoms with Crippen molar-refractivity contribution < 1.29 is 17.6 Å². The zero-order chi connectivity index (χ0) is 20.9. The summed E-state index contributed by atoms with van der Waals surface area (Å²) in [5, 5.41) is 2.55. The minimum atomic E-state index is -3.41. The van der Waals surface area contributed by atoms with Crippen molar-refractivity contribution in [1.29, 1.82) is 0 Å². The van der Waals surface area contributed by atoms with E-state index < -0.39 is 21.7 Å². The molecule has 9 heteroatoms. The van der Waals surface area contributed by atoms with Crippen molar-refractivity contribution in [3.05, 3.63) is 64.9 Å². The summed E-state index contributed by atoms with van der Waals surface area (Å²) in [6, 6.07) is 13.9. The molecule has 1 fully saturated rings. The molecule has 1 N–H and O–H groups in total. The normalized spacial score (nSPS) is 15.3. The molecule has 156 valence electrons. The van der Waals surface area contributed by atoms with Gasteiger partial charge in [0.15, 0.2) is 0 Å². The number of piperazine rings is 1. The Morgan fingerprint density at radius 3 is 2.38 bits per heavy atom. The van der Waals surface area contributed by atoms with Gasteiger partial charge in [0, 0.05) is 38.4 Å². The summed E-state index contributed by atoms with van der Waals surface area (Å²) >= 11 is 5.86. The molecule has 3 rings (SSSR count). The van der Waals surface area contributed by atoms with E-state index in [-0.39, 0.29) is 29.3 Å². The van der Waals surface area contributed by atoms with Gasteiger partial charge in [0.25, 0.3) is 5.91 Å². The second-order valence-electron chi connectivity index (χ2n) is 6.74. The molecular formula is C20H23ClFN3O3S. The Morgan fingerprint density at radius 1 is 1.03 bits per heavy atom. The minimum Gasteiger partial charge on any atom is -0.369 e. The van der Waals surface area contributed by atoms with E-state index in [2.05, 4.69) is 10.2 Å². The third-order valence-corrected chi connectivity index (χ3v) is 7.08. The molecule has 1 saturated heterocycles. The molecule has 0 spiro atoms. The number of halogens is 2. The van der Waals surface area contributed by atoms with Gasteiger partial charge in [0.1, 0.15) is 5.82 Å². The number of carbonyl (C=O) groups is 1. The zero-order valence-corrected chi connectivity index (χ0v) is 17.4. The maximum atomic E-state index is 13.7.